The molecule has 332 valence electrons. The number of nitrogens with one attached hydrogen (secondary N) is 1. The first-order valence-electron chi connectivity index (χ1n) is 22.3. The molecule has 62 heavy (non-hydrogen) atoms. The van der Waals surface area contributed by atoms with Crippen molar-refractivity contribution in [1.82, 2.24) is 20.0 Å². The monoisotopic (exact) mass is 868 g/mol. The van der Waals surface area contributed by atoms with Gasteiger partial charge in [-0.2, -0.15) is 0 Å². The van der Waals surface area contributed by atoms with E-state index in [1.165, 1.54) is 38.5 Å². The van der Waals surface area contributed by atoms with Crippen LogP contribution in [0.5, 0.6) is 11.5 Å². The lowest BCUT2D eigenvalue weighted by atomic mass is 9.78. The quantitative estimate of drug-likeness (QED) is 0.223. The molecule has 15 heteroatoms. The molecule has 4 fully saturated rings. The standard InChI is InChI=1S/C47H60N6O8S/c1-4-61-43-29-35(7-13-42(43)60-2)41(31-62(3,58)59)53-46(56)39-11-10-37(30-40(39)47(53)57)52-27-25-50(26-28-52)24-23-49-19-15-32(16-20-49)33-17-21-51(22-18-33)36-8-5-34(6-9-36)38-12-14-44(54)48-45(38)55/h5-11,13,29-30,32-33,38,41H,4,12,14-28,31H2,1-3H3,(H,48,54,55)/t38?,41-/m1/s1. The number of anilines is 2. The summed E-state index contributed by atoms with van der Waals surface area (Å²) in [6, 6.07) is 17.7. The molecule has 3 aromatic rings. The van der Waals surface area contributed by atoms with Crippen LogP contribution in [0.2, 0.25) is 0 Å². The third-order valence-electron chi connectivity index (χ3n) is 13.8. The van der Waals surface area contributed by atoms with Gasteiger partial charge in [0.2, 0.25) is 11.8 Å². The molecule has 4 saturated heterocycles. The third kappa shape index (κ3) is 9.64. The first-order chi connectivity index (χ1) is 29.9. The van der Waals surface area contributed by atoms with Crippen molar-refractivity contribution in [3.8, 4) is 11.5 Å². The van der Waals surface area contributed by atoms with E-state index in [0.717, 1.165) is 99.7 Å². The highest BCUT2D eigenvalue weighted by Gasteiger charge is 2.42. The number of sulfone groups is 1. The second-order valence-corrected chi connectivity index (χ2v) is 19.8. The summed E-state index contributed by atoms with van der Waals surface area (Å²) in [5, 5.41) is 2.47. The summed E-state index contributed by atoms with van der Waals surface area (Å²) in [6.07, 6.45) is 6.99. The van der Waals surface area contributed by atoms with Gasteiger partial charge in [-0.05, 0) is 118 Å². The van der Waals surface area contributed by atoms with E-state index in [-0.39, 0.29) is 23.3 Å². The van der Waals surface area contributed by atoms with E-state index in [0.29, 0.717) is 42.1 Å². The van der Waals surface area contributed by atoms with Crippen LogP contribution >= 0.6 is 0 Å². The summed E-state index contributed by atoms with van der Waals surface area (Å²) in [4.78, 5) is 62.7. The lowest BCUT2D eigenvalue weighted by Crippen LogP contribution is -2.49. The van der Waals surface area contributed by atoms with Crippen LogP contribution in [0.25, 0.3) is 0 Å². The van der Waals surface area contributed by atoms with Gasteiger partial charge in [-0.15, -0.1) is 0 Å². The van der Waals surface area contributed by atoms with E-state index in [1.54, 1.807) is 30.3 Å². The molecule has 0 spiro atoms. The Labute approximate surface area is 365 Å². The number of fused-ring (bicyclic) bond motifs is 1. The van der Waals surface area contributed by atoms with E-state index in [9.17, 15) is 27.6 Å². The van der Waals surface area contributed by atoms with Crippen molar-refractivity contribution in [3.05, 3.63) is 82.9 Å². The molecule has 0 bridgehead atoms. The summed E-state index contributed by atoms with van der Waals surface area (Å²) in [7, 11) is -2.08. The van der Waals surface area contributed by atoms with Crippen molar-refractivity contribution < 1.29 is 37.1 Å². The maximum atomic E-state index is 14.0. The fourth-order valence-electron chi connectivity index (χ4n) is 10.2. The predicted molar refractivity (Wildman–Crippen MR) is 238 cm³/mol. The van der Waals surface area contributed by atoms with Crippen molar-refractivity contribution >= 4 is 44.8 Å². The smallest absolute Gasteiger partial charge is 0.262 e. The van der Waals surface area contributed by atoms with E-state index in [1.807, 2.05) is 13.0 Å². The molecule has 5 heterocycles. The van der Waals surface area contributed by atoms with Crippen molar-refractivity contribution in [2.75, 3.05) is 101 Å². The summed E-state index contributed by atoms with van der Waals surface area (Å²) < 4.78 is 36.4. The van der Waals surface area contributed by atoms with Crippen LogP contribution in [0.3, 0.4) is 0 Å². The maximum Gasteiger partial charge on any atom is 0.262 e. The van der Waals surface area contributed by atoms with Gasteiger partial charge >= 0.3 is 0 Å². The van der Waals surface area contributed by atoms with Gasteiger partial charge < -0.3 is 24.2 Å². The molecule has 5 aliphatic rings. The largest absolute Gasteiger partial charge is 0.493 e. The fraction of sp³-hybridized carbons (Fsp3) is 0.532. The molecule has 4 amide bonds. The number of imide groups is 2. The SMILES string of the molecule is CCOc1cc([C@@H](CS(C)(=O)=O)N2C(=O)c3ccc(N4CCN(CCN5CCC(C6CCN(c7ccc(C8CCC(=O)NC8=O)cc7)CC6)CC5)CC4)cc3C2=O)ccc1OC. The Morgan fingerprint density at radius 1 is 0.694 bits per heavy atom. The minimum atomic E-state index is -3.60. The molecule has 0 radical (unpaired) electrons. The molecule has 0 aliphatic carbocycles. The highest BCUT2D eigenvalue weighted by atomic mass is 32.2. The normalized spacial score (nSPS) is 21.6. The van der Waals surface area contributed by atoms with Gasteiger partial charge in [0, 0.05) is 76.4 Å². The highest BCUT2D eigenvalue weighted by Crippen LogP contribution is 2.39. The number of carbonyl (C=O) groups is 4. The minimum absolute atomic E-state index is 0.181. The number of methoxy groups -OCH3 is 1. The number of hydrogen-bond donors (Lipinski definition) is 1. The number of nitrogens with zero attached hydrogens (tertiary/aromatic N) is 5. The number of benzene rings is 3. The number of piperazine rings is 1. The maximum absolute atomic E-state index is 14.0. The number of likely N-dealkylation sites (tertiary alicyclic amines) is 1. The molecule has 0 aromatic heterocycles. The highest BCUT2D eigenvalue weighted by molar-refractivity contribution is 7.90. The van der Waals surface area contributed by atoms with Crippen molar-refractivity contribution in [3.63, 3.8) is 0 Å². The molecule has 1 N–H and O–H groups in total. The summed E-state index contributed by atoms with van der Waals surface area (Å²) in [5.74, 6) is 0.371. The number of rotatable bonds is 14. The Morgan fingerprint density at radius 2 is 1.31 bits per heavy atom. The molecular weight excluding hydrogens is 809 g/mol. The lowest BCUT2D eigenvalue weighted by molar-refractivity contribution is -0.134. The van der Waals surface area contributed by atoms with Crippen molar-refractivity contribution in [2.24, 2.45) is 11.8 Å². The van der Waals surface area contributed by atoms with Crippen LogP contribution in [0.1, 0.15) is 89.3 Å². The zero-order valence-corrected chi connectivity index (χ0v) is 37.0. The molecular formula is C47H60N6O8S. The van der Waals surface area contributed by atoms with Crippen molar-refractivity contribution in [1.29, 1.82) is 0 Å². The number of piperidine rings is 3. The average molecular weight is 869 g/mol. The molecule has 8 rings (SSSR count). The summed E-state index contributed by atoms with van der Waals surface area (Å²) in [5.41, 5.74) is 4.11. The van der Waals surface area contributed by atoms with Crippen LogP contribution in [-0.2, 0) is 19.4 Å². The van der Waals surface area contributed by atoms with Gasteiger partial charge in [0.1, 0.15) is 9.84 Å². The Kier molecular flexibility index (Phi) is 13.2. The zero-order chi connectivity index (χ0) is 43.5. The van der Waals surface area contributed by atoms with Gasteiger partial charge in [0.15, 0.2) is 11.5 Å². The Bertz CT molecular complexity index is 2250. The number of ether oxygens (including phenoxy) is 2. The van der Waals surface area contributed by atoms with Crippen LogP contribution in [0, 0.1) is 11.8 Å². The Morgan fingerprint density at radius 3 is 1.94 bits per heavy atom. The summed E-state index contributed by atoms with van der Waals surface area (Å²) in [6.45, 7) is 12.1. The second-order valence-electron chi connectivity index (χ2n) is 17.6. The van der Waals surface area contributed by atoms with Crippen LogP contribution in [0.4, 0.5) is 11.4 Å². The van der Waals surface area contributed by atoms with Gasteiger partial charge in [-0.25, -0.2) is 8.42 Å². The van der Waals surface area contributed by atoms with Gasteiger partial charge in [-0.1, -0.05) is 18.2 Å². The molecule has 14 nitrogen and oxygen atoms in total. The number of carbonyl (C=O) groups excluding carboxylic acids is 4. The first-order valence-corrected chi connectivity index (χ1v) is 24.3. The van der Waals surface area contributed by atoms with E-state index >= 15 is 0 Å². The fourth-order valence-corrected chi connectivity index (χ4v) is 11.1. The molecule has 1 unspecified atom stereocenters. The van der Waals surface area contributed by atoms with Crippen LogP contribution in [-0.4, -0.2) is 138 Å². The summed E-state index contributed by atoms with van der Waals surface area (Å²) >= 11 is 0. The molecule has 0 saturated carbocycles. The topological polar surface area (TPSA) is 149 Å². The Balaban J connectivity index is 0.788. The zero-order valence-electron chi connectivity index (χ0n) is 36.2. The van der Waals surface area contributed by atoms with E-state index in [4.69, 9.17) is 9.47 Å². The van der Waals surface area contributed by atoms with Gasteiger partial charge in [0.05, 0.1) is 42.6 Å². The van der Waals surface area contributed by atoms with Crippen LogP contribution in [0.15, 0.2) is 60.7 Å². The predicted octanol–water partition coefficient (Wildman–Crippen LogP) is 4.75. The van der Waals surface area contributed by atoms with Gasteiger partial charge in [-0.3, -0.25) is 34.3 Å². The minimum Gasteiger partial charge on any atom is -0.493 e. The van der Waals surface area contributed by atoms with Crippen LogP contribution < -0.4 is 24.6 Å². The average Bonchev–Trinajstić information content (AvgIpc) is 3.52. The Hall–Kier alpha value is -4.99. The number of hydrogen-bond acceptors (Lipinski definition) is 12. The van der Waals surface area contributed by atoms with E-state index in [2.05, 4.69) is 49.2 Å². The first kappa shape index (κ1) is 43.7. The van der Waals surface area contributed by atoms with E-state index < -0.39 is 33.4 Å². The van der Waals surface area contributed by atoms with Crippen molar-refractivity contribution in [2.45, 2.75) is 57.4 Å². The second kappa shape index (κ2) is 18.8. The molecule has 2 atom stereocenters. The van der Waals surface area contributed by atoms with Gasteiger partial charge in [0.25, 0.3) is 11.8 Å². The third-order valence-corrected chi connectivity index (χ3v) is 14.7. The molecule has 3 aromatic carbocycles. The molecule has 5 aliphatic heterocycles. The number of amides is 4. The lowest BCUT2D eigenvalue weighted by Gasteiger charge is -2.41.